The number of nitrogens with one attached hydrogen (secondary N) is 2. The summed E-state index contributed by atoms with van der Waals surface area (Å²) in [7, 11) is 0. The first-order chi connectivity index (χ1) is 12.7. The van der Waals surface area contributed by atoms with Crippen molar-refractivity contribution in [2.75, 3.05) is 11.9 Å². The molecule has 3 aromatic carbocycles. The van der Waals surface area contributed by atoms with Gasteiger partial charge in [-0.1, -0.05) is 66.7 Å². The SMILES string of the molecule is Cc1ccccc1NC(CCNC(=O)c1ccccc1)c1ccccc1. The zero-order chi connectivity index (χ0) is 18.2. The summed E-state index contributed by atoms with van der Waals surface area (Å²) in [5.41, 5.74) is 4.23. The van der Waals surface area contributed by atoms with Gasteiger partial charge in [-0.15, -0.1) is 0 Å². The number of rotatable bonds is 7. The van der Waals surface area contributed by atoms with Gasteiger partial charge in [-0.3, -0.25) is 4.79 Å². The molecule has 1 unspecified atom stereocenters. The third-order valence-electron chi connectivity index (χ3n) is 4.43. The van der Waals surface area contributed by atoms with Crippen LogP contribution in [0.3, 0.4) is 0 Å². The predicted octanol–water partition coefficient (Wildman–Crippen LogP) is 4.97. The lowest BCUT2D eigenvalue weighted by Gasteiger charge is -2.22. The van der Waals surface area contributed by atoms with Gasteiger partial charge in [-0.05, 0) is 42.7 Å². The summed E-state index contributed by atoms with van der Waals surface area (Å²) in [6, 6.07) is 28.1. The summed E-state index contributed by atoms with van der Waals surface area (Å²) >= 11 is 0. The van der Waals surface area contributed by atoms with Crippen molar-refractivity contribution in [2.45, 2.75) is 19.4 Å². The van der Waals surface area contributed by atoms with Crippen LogP contribution in [0.5, 0.6) is 0 Å². The topological polar surface area (TPSA) is 41.1 Å². The molecule has 0 aliphatic carbocycles. The van der Waals surface area contributed by atoms with Crippen LogP contribution >= 0.6 is 0 Å². The Labute approximate surface area is 155 Å². The van der Waals surface area contributed by atoms with E-state index in [4.69, 9.17) is 0 Å². The molecule has 0 aliphatic rings. The number of hydrogen-bond donors (Lipinski definition) is 2. The number of amides is 1. The van der Waals surface area contributed by atoms with Gasteiger partial charge in [-0.25, -0.2) is 0 Å². The first kappa shape index (κ1) is 17.7. The first-order valence-electron chi connectivity index (χ1n) is 8.94. The van der Waals surface area contributed by atoms with Crippen molar-refractivity contribution in [2.24, 2.45) is 0 Å². The summed E-state index contributed by atoms with van der Waals surface area (Å²) in [4.78, 5) is 12.2. The van der Waals surface area contributed by atoms with Crippen molar-refractivity contribution < 1.29 is 4.79 Å². The van der Waals surface area contributed by atoms with E-state index in [2.05, 4.69) is 41.8 Å². The van der Waals surface area contributed by atoms with Gasteiger partial charge in [0.2, 0.25) is 0 Å². The predicted molar refractivity (Wildman–Crippen MR) is 107 cm³/mol. The number of aryl methyl sites for hydroxylation is 1. The lowest BCUT2D eigenvalue weighted by atomic mass is 10.0. The first-order valence-corrected chi connectivity index (χ1v) is 8.94. The number of carbonyl (C=O) groups is 1. The zero-order valence-corrected chi connectivity index (χ0v) is 15.0. The summed E-state index contributed by atoms with van der Waals surface area (Å²) in [6.45, 7) is 2.70. The molecule has 0 aromatic heterocycles. The minimum atomic E-state index is -0.0340. The largest absolute Gasteiger partial charge is 0.378 e. The molecule has 0 fully saturated rings. The highest BCUT2D eigenvalue weighted by atomic mass is 16.1. The van der Waals surface area contributed by atoms with E-state index in [0.29, 0.717) is 12.1 Å². The monoisotopic (exact) mass is 344 g/mol. The van der Waals surface area contributed by atoms with Gasteiger partial charge in [0, 0.05) is 17.8 Å². The molecule has 0 saturated carbocycles. The van der Waals surface area contributed by atoms with Crippen molar-refractivity contribution in [3.8, 4) is 0 Å². The van der Waals surface area contributed by atoms with Gasteiger partial charge in [0.25, 0.3) is 5.91 Å². The average molecular weight is 344 g/mol. The van der Waals surface area contributed by atoms with E-state index in [9.17, 15) is 4.79 Å². The molecule has 0 heterocycles. The van der Waals surface area contributed by atoms with E-state index in [-0.39, 0.29) is 11.9 Å². The minimum absolute atomic E-state index is 0.0340. The summed E-state index contributed by atoms with van der Waals surface area (Å²) < 4.78 is 0. The second-order valence-electron chi connectivity index (χ2n) is 6.33. The van der Waals surface area contributed by atoms with E-state index in [1.54, 1.807) is 0 Å². The molecular formula is C23H24N2O. The number of hydrogen-bond acceptors (Lipinski definition) is 2. The van der Waals surface area contributed by atoms with Crippen LogP contribution in [-0.4, -0.2) is 12.5 Å². The van der Waals surface area contributed by atoms with Gasteiger partial charge in [-0.2, -0.15) is 0 Å². The van der Waals surface area contributed by atoms with Crippen LogP contribution in [0.25, 0.3) is 0 Å². The van der Waals surface area contributed by atoms with Crippen molar-refractivity contribution in [1.82, 2.24) is 5.32 Å². The average Bonchev–Trinajstić information content (AvgIpc) is 2.70. The second-order valence-corrected chi connectivity index (χ2v) is 6.33. The van der Waals surface area contributed by atoms with Crippen molar-refractivity contribution >= 4 is 11.6 Å². The fraction of sp³-hybridized carbons (Fsp3) is 0.174. The van der Waals surface area contributed by atoms with E-state index >= 15 is 0 Å². The van der Waals surface area contributed by atoms with Crippen molar-refractivity contribution in [1.29, 1.82) is 0 Å². The smallest absolute Gasteiger partial charge is 0.251 e. The third-order valence-corrected chi connectivity index (χ3v) is 4.43. The Bertz CT molecular complexity index is 831. The fourth-order valence-electron chi connectivity index (χ4n) is 2.95. The van der Waals surface area contributed by atoms with Crippen LogP contribution in [0.2, 0.25) is 0 Å². The van der Waals surface area contributed by atoms with Gasteiger partial charge < -0.3 is 10.6 Å². The van der Waals surface area contributed by atoms with Gasteiger partial charge in [0.15, 0.2) is 0 Å². The maximum atomic E-state index is 12.2. The van der Waals surface area contributed by atoms with Crippen LogP contribution in [0.15, 0.2) is 84.9 Å². The molecule has 0 bridgehead atoms. The standard InChI is InChI=1S/C23H24N2O/c1-18-10-8-9-15-21(18)25-22(19-11-4-2-5-12-19)16-17-24-23(26)20-13-6-3-7-14-20/h2-15,22,25H,16-17H2,1H3,(H,24,26). The van der Waals surface area contributed by atoms with Crippen LogP contribution < -0.4 is 10.6 Å². The van der Waals surface area contributed by atoms with Crippen LogP contribution in [0.4, 0.5) is 5.69 Å². The highest BCUT2D eigenvalue weighted by Gasteiger charge is 2.13. The zero-order valence-electron chi connectivity index (χ0n) is 15.0. The Kier molecular flexibility index (Phi) is 6.05. The molecule has 3 rings (SSSR count). The normalized spacial score (nSPS) is 11.6. The summed E-state index contributed by atoms with van der Waals surface area (Å²) in [5.74, 6) is -0.0340. The molecule has 3 aromatic rings. The Balaban J connectivity index is 1.66. The molecule has 1 amide bonds. The van der Waals surface area contributed by atoms with Gasteiger partial charge in [0.1, 0.15) is 0 Å². The van der Waals surface area contributed by atoms with E-state index in [0.717, 1.165) is 12.1 Å². The molecule has 3 nitrogen and oxygen atoms in total. The molecule has 0 aliphatic heterocycles. The minimum Gasteiger partial charge on any atom is -0.378 e. The molecule has 0 saturated heterocycles. The number of anilines is 1. The Morgan fingerprint density at radius 3 is 2.15 bits per heavy atom. The lowest BCUT2D eigenvalue weighted by Crippen LogP contribution is -2.27. The third kappa shape index (κ3) is 4.73. The maximum Gasteiger partial charge on any atom is 0.251 e. The Morgan fingerprint density at radius 2 is 1.46 bits per heavy atom. The number of carbonyl (C=O) groups excluding carboxylic acids is 1. The van der Waals surface area contributed by atoms with Crippen molar-refractivity contribution in [3.05, 3.63) is 102 Å². The molecule has 0 spiro atoms. The van der Waals surface area contributed by atoms with Crippen molar-refractivity contribution in [3.63, 3.8) is 0 Å². The molecule has 132 valence electrons. The highest BCUT2D eigenvalue weighted by molar-refractivity contribution is 5.94. The summed E-state index contributed by atoms with van der Waals surface area (Å²) in [6.07, 6.45) is 0.803. The molecule has 1 atom stereocenters. The molecular weight excluding hydrogens is 320 g/mol. The van der Waals surface area contributed by atoms with Gasteiger partial charge in [0.05, 0.1) is 6.04 Å². The van der Waals surface area contributed by atoms with E-state index in [1.807, 2.05) is 60.7 Å². The number of para-hydroxylation sites is 1. The highest BCUT2D eigenvalue weighted by Crippen LogP contribution is 2.24. The molecule has 26 heavy (non-hydrogen) atoms. The maximum absolute atomic E-state index is 12.2. The fourth-order valence-corrected chi connectivity index (χ4v) is 2.95. The quantitative estimate of drug-likeness (QED) is 0.635. The van der Waals surface area contributed by atoms with Crippen LogP contribution in [0.1, 0.15) is 33.9 Å². The second kappa shape index (κ2) is 8.86. The van der Waals surface area contributed by atoms with Gasteiger partial charge >= 0.3 is 0 Å². The Hall–Kier alpha value is -3.07. The van der Waals surface area contributed by atoms with E-state index in [1.165, 1.54) is 11.1 Å². The molecule has 2 N–H and O–H groups in total. The van der Waals surface area contributed by atoms with Crippen LogP contribution in [0, 0.1) is 6.92 Å². The molecule has 3 heteroatoms. The Morgan fingerprint density at radius 1 is 0.846 bits per heavy atom. The molecule has 0 radical (unpaired) electrons. The van der Waals surface area contributed by atoms with E-state index < -0.39 is 0 Å². The van der Waals surface area contributed by atoms with Crippen LogP contribution in [-0.2, 0) is 0 Å². The number of benzene rings is 3. The lowest BCUT2D eigenvalue weighted by molar-refractivity contribution is 0.0952. The summed E-state index contributed by atoms with van der Waals surface area (Å²) in [5, 5.41) is 6.65.